The van der Waals surface area contributed by atoms with Crippen molar-refractivity contribution in [1.82, 2.24) is 5.32 Å². The first-order valence-corrected chi connectivity index (χ1v) is 5.73. The SMILES string of the molecule is CNC(Cc1cccc2ccccc12)C(F)(F)F. The number of alkyl halides is 3. The van der Waals surface area contributed by atoms with Crippen molar-refractivity contribution < 1.29 is 13.2 Å². The standard InChI is InChI=1S/C14H14F3N/c1-18-13(14(15,16)17)9-11-7-4-6-10-5-2-3-8-12(10)11/h2-8,13,18H,9H2,1H3. The average molecular weight is 253 g/mol. The summed E-state index contributed by atoms with van der Waals surface area (Å²) in [6, 6.07) is 11.4. The molecule has 18 heavy (non-hydrogen) atoms. The van der Waals surface area contributed by atoms with Crippen LogP contribution in [0, 0.1) is 0 Å². The minimum absolute atomic E-state index is 0.0542. The fourth-order valence-corrected chi connectivity index (χ4v) is 2.07. The second-order valence-electron chi connectivity index (χ2n) is 4.23. The molecule has 1 nitrogen and oxygen atoms in total. The number of hydrogen-bond acceptors (Lipinski definition) is 1. The number of hydrogen-bond donors (Lipinski definition) is 1. The van der Waals surface area contributed by atoms with E-state index in [1.54, 1.807) is 12.1 Å². The minimum atomic E-state index is -4.23. The Balaban J connectivity index is 2.37. The van der Waals surface area contributed by atoms with Crippen LogP contribution in [0.1, 0.15) is 5.56 Å². The van der Waals surface area contributed by atoms with Crippen LogP contribution < -0.4 is 5.32 Å². The van der Waals surface area contributed by atoms with Crippen molar-refractivity contribution in [1.29, 1.82) is 0 Å². The molecule has 0 aromatic heterocycles. The maximum absolute atomic E-state index is 12.7. The summed E-state index contributed by atoms with van der Waals surface area (Å²) in [5, 5.41) is 4.17. The van der Waals surface area contributed by atoms with Crippen LogP contribution in [0.5, 0.6) is 0 Å². The Morgan fingerprint density at radius 1 is 1.06 bits per heavy atom. The molecule has 0 saturated carbocycles. The Bertz CT molecular complexity index is 529. The van der Waals surface area contributed by atoms with Gasteiger partial charge in [0.1, 0.15) is 6.04 Å². The molecule has 0 aliphatic heterocycles. The van der Waals surface area contributed by atoms with Gasteiger partial charge < -0.3 is 5.32 Å². The minimum Gasteiger partial charge on any atom is -0.309 e. The largest absolute Gasteiger partial charge is 0.404 e. The van der Waals surface area contributed by atoms with Crippen LogP contribution in [0.3, 0.4) is 0 Å². The molecule has 0 aliphatic rings. The number of nitrogens with one attached hydrogen (secondary N) is 1. The van der Waals surface area contributed by atoms with E-state index in [1.165, 1.54) is 7.05 Å². The summed E-state index contributed by atoms with van der Waals surface area (Å²) < 4.78 is 38.2. The lowest BCUT2D eigenvalue weighted by Gasteiger charge is -2.20. The number of benzene rings is 2. The summed E-state index contributed by atoms with van der Waals surface area (Å²) in [5.41, 5.74) is 0.713. The van der Waals surface area contributed by atoms with Crippen molar-refractivity contribution in [2.24, 2.45) is 0 Å². The molecule has 96 valence electrons. The van der Waals surface area contributed by atoms with Crippen LogP contribution in [-0.2, 0) is 6.42 Å². The van der Waals surface area contributed by atoms with Crippen LogP contribution in [0.15, 0.2) is 42.5 Å². The first-order chi connectivity index (χ1) is 8.52. The van der Waals surface area contributed by atoms with Gasteiger partial charge in [-0.3, -0.25) is 0 Å². The van der Waals surface area contributed by atoms with Gasteiger partial charge in [0, 0.05) is 0 Å². The van der Waals surface area contributed by atoms with E-state index >= 15 is 0 Å². The Labute approximate surface area is 104 Å². The zero-order valence-corrected chi connectivity index (χ0v) is 9.96. The van der Waals surface area contributed by atoms with Gasteiger partial charge in [-0.1, -0.05) is 42.5 Å². The van der Waals surface area contributed by atoms with Crippen LogP contribution in [0.4, 0.5) is 13.2 Å². The highest BCUT2D eigenvalue weighted by atomic mass is 19.4. The average Bonchev–Trinajstić information content (AvgIpc) is 2.34. The molecule has 0 radical (unpaired) electrons. The van der Waals surface area contributed by atoms with Crippen molar-refractivity contribution in [2.45, 2.75) is 18.6 Å². The Hall–Kier alpha value is -1.55. The van der Waals surface area contributed by atoms with Crippen LogP contribution in [0.2, 0.25) is 0 Å². The summed E-state index contributed by atoms with van der Waals surface area (Å²) >= 11 is 0. The van der Waals surface area contributed by atoms with E-state index in [0.717, 1.165) is 10.8 Å². The van der Waals surface area contributed by atoms with E-state index < -0.39 is 12.2 Å². The van der Waals surface area contributed by atoms with Gasteiger partial charge in [-0.2, -0.15) is 13.2 Å². The van der Waals surface area contributed by atoms with Crippen molar-refractivity contribution in [2.75, 3.05) is 7.05 Å². The highest BCUT2D eigenvalue weighted by Gasteiger charge is 2.38. The van der Waals surface area contributed by atoms with Crippen LogP contribution in [-0.4, -0.2) is 19.3 Å². The first kappa shape index (κ1) is 12.9. The van der Waals surface area contributed by atoms with Gasteiger partial charge in [0.05, 0.1) is 0 Å². The zero-order chi connectivity index (χ0) is 13.2. The van der Waals surface area contributed by atoms with Gasteiger partial charge in [-0.15, -0.1) is 0 Å². The highest BCUT2D eigenvalue weighted by molar-refractivity contribution is 5.85. The molecule has 4 heteroatoms. The van der Waals surface area contributed by atoms with Gasteiger partial charge in [0.15, 0.2) is 0 Å². The number of rotatable bonds is 3. The van der Waals surface area contributed by atoms with Gasteiger partial charge in [0.25, 0.3) is 0 Å². The molecule has 1 N–H and O–H groups in total. The Morgan fingerprint density at radius 3 is 2.39 bits per heavy atom. The third-order valence-corrected chi connectivity index (χ3v) is 3.05. The van der Waals surface area contributed by atoms with Gasteiger partial charge in [-0.05, 0) is 29.8 Å². The lowest BCUT2D eigenvalue weighted by molar-refractivity contribution is -0.154. The molecular weight excluding hydrogens is 239 g/mol. The molecule has 0 heterocycles. The summed E-state index contributed by atoms with van der Waals surface area (Å²) in [6.45, 7) is 0. The quantitative estimate of drug-likeness (QED) is 0.882. The molecule has 0 bridgehead atoms. The summed E-state index contributed by atoms with van der Waals surface area (Å²) in [7, 11) is 1.34. The molecule has 2 aromatic rings. The van der Waals surface area contributed by atoms with E-state index in [9.17, 15) is 13.2 Å². The lowest BCUT2D eigenvalue weighted by atomic mass is 9.98. The molecule has 2 aromatic carbocycles. The predicted molar refractivity (Wildman–Crippen MR) is 66.6 cm³/mol. The van der Waals surface area contributed by atoms with Crippen LogP contribution in [0.25, 0.3) is 10.8 Å². The second-order valence-corrected chi connectivity index (χ2v) is 4.23. The third-order valence-electron chi connectivity index (χ3n) is 3.05. The van der Waals surface area contributed by atoms with E-state index in [1.807, 2.05) is 30.3 Å². The molecule has 0 saturated heterocycles. The van der Waals surface area contributed by atoms with Gasteiger partial charge in [0.2, 0.25) is 0 Å². The fourth-order valence-electron chi connectivity index (χ4n) is 2.07. The zero-order valence-electron chi connectivity index (χ0n) is 9.96. The van der Waals surface area contributed by atoms with Crippen molar-refractivity contribution in [3.8, 4) is 0 Å². The monoisotopic (exact) mass is 253 g/mol. The normalized spacial score (nSPS) is 13.8. The number of halogens is 3. The maximum atomic E-state index is 12.7. The molecular formula is C14H14F3N. The predicted octanol–water partition coefficient (Wildman–Crippen LogP) is 3.53. The Kier molecular flexibility index (Phi) is 3.57. The molecule has 0 aliphatic carbocycles. The molecule has 1 unspecified atom stereocenters. The number of likely N-dealkylation sites (N-methyl/N-ethyl adjacent to an activating group) is 1. The van der Waals surface area contributed by atoms with E-state index in [-0.39, 0.29) is 6.42 Å². The maximum Gasteiger partial charge on any atom is 0.404 e. The number of fused-ring (bicyclic) bond motifs is 1. The van der Waals surface area contributed by atoms with Crippen molar-refractivity contribution in [3.63, 3.8) is 0 Å². The van der Waals surface area contributed by atoms with Crippen molar-refractivity contribution in [3.05, 3.63) is 48.0 Å². The van der Waals surface area contributed by atoms with Crippen LogP contribution >= 0.6 is 0 Å². The summed E-state index contributed by atoms with van der Waals surface area (Å²) in [6.07, 6.45) is -4.28. The molecule has 2 rings (SSSR count). The second kappa shape index (κ2) is 4.98. The van der Waals surface area contributed by atoms with E-state index in [2.05, 4.69) is 5.32 Å². The highest BCUT2D eigenvalue weighted by Crippen LogP contribution is 2.26. The smallest absolute Gasteiger partial charge is 0.309 e. The van der Waals surface area contributed by atoms with Crippen molar-refractivity contribution >= 4 is 10.8 Å². The fraction of sp³-hybridized carbons (Fsp3) is 0.286. The molecule has 0 fully saturated rings. The van der Waals surface area contributed by atoms with Gasteiger partial charge in [-0.25, -0.2) is 0 Å². The summed E-state index contributed by atoms with van der Waals surface area (Å²) in [4.78, 5) is 0. The molecule has 1 atom stereocenters. The molecule has 0 spiro atoms. The van der Waals surface area contributed by atoms with Gasteiger partial charge >= 0.3 is 6.18 Å². The first-order valence-electron chi connectivity index (χ1n) is 5.73. The third kappa shape index (κ3) is 2.64. The molecule has 0 amide bonds. The lowest BCUT2D eigenvalue weighted by Crippen LogP contribution is -2.41. The van der Waals surface area contributed by atoms with E-state index in [0.29, 0.717) is 5.56 Å². The topological polar surface area (TPSA) is 12.0 Å². The van der Waals surface area contributed by atoms with E-state index in [4.69, 9.17) is 0 Å². The Morgan fingerprint density at radius 2 is 1.72 bits per heavy atom. The summed E-state index contributed by atoms with van der Waals surface area (Å²) in [5.74, 6) is 0.